The third-order valence-corrected chi connectivity index (χ3v) is 3.97. The predicted molar refractivity (Wildman–Crippen MR) is 64.7 cm³/mol. The molecule has 17 heavy (non-hydrogen) atoms. The molecule has 1 saturated heterocycles. The lowest BCUT2D eigenvalue weighted by atomic mass is 10.0. The van der Waals surface area contributed by atoms with Gasteiger partial charge in [-0.25, -0.2) is 0 Å². The van der Waals surface area contributed by atoms with Crippen molar-refractivity contribution >= 4 is 11.8 Å². The van der Waals surface area contributed by atoms with Crippen molar-refractivity contribution in [2.45, 2.75) is 41.7 Å². The molecule has 1 aliphatic rings. The second-order valence-corrected chi connectivity index (χ2v) is 5.28. The third kappa shape index (κ3) is 2.81. The maximum atomic E-state index is 9.83. The number of ether oxygens (including phenoxy) is 1. The van der Waals surface area contributed by atoms with Crippen LogP contribution >= 0.6 is 11.8 Å². The molecule has 1 aromatic rings. The van der Waals surface area contributed by atoms with Gasteiger partial charge in [0.2, 0.25) is 0 Å². The van der Waals surface area contributed by atoms with E-state index in [0.717, 1.165) is 4.90 Å². The van der Waals surface area contributed by atoms with Gasteiger partial charge >= 0.3 is 0 Å². The van der Waals surface area contributed by atoms with Gasteiger partial charge < -0.3 is 20.1 Å². The second kappa shape index (κ2) is 5.37. The Balaban J connectivity index is 2.06. The summed E-state index contributed by atoms with van der Waals surface area (Å²) in [6.07, 6.45) is -3.79. The van der Waals surface area contributed by atoms with E-state index in [2.05, 4.69) is 0 Å². The summed E-state index contributed by atoms with van der Waals surface area (Å²) in [4.78, 5) is 0.951. The molecule has 0 aliphatic carbocycles. The van der Waals surface area contributed by atoms with Gasteiger partial charge in [0.15, 0.2) is 0 Å². The first-order valence-corrected chi connectivity index (χ1v) is 6.39. The van der Waals surface area contributed by atoms with E-state index in [4.69, 9.17) is 4.74 Å². The topological polar surface area (TPSA) is 69.9 Å². The number of rotatable bonds is 2. The molecule has 0 radical (unpaired) electrons. The Morgan fingerprint density at radius 2 is 1.65 bits per heavy atom. The average Bonchev–Trinajstić information content (AvgIpc) is 2.35. The summed E-state index contributed by atoms with van der Waals surface area (Å²) in [5.41, 5.74) is -0.564. The maximum Gasteiger partial charge on any atom is 0.136 e. The van der Waals surface area contributed by atoms with Crippen LogP contribution in [0.2, 0.25) is 0 Å². The van der Waals surface area contributed by atoms with Crippen molar-refractivity contribution in [3.8, 4) is 0 Å². The molecular weight excluding hydrogens is 240 g/mol. The fourth-order valence-corrected chi connectivity index (χ4v) is 2.86. The van der Waals surface area contributed by atoms with Crippen LogP contribution in [0.15, 0.2) is 35.2 Å². The Morgan fingerprint density at radius 1 is 1.00 bits per heavy atom. The zero-order valence-electron chi connectivity index (χ0n) is 9.43. The molecule has 0 amide bonds. The van der Waals surface area contributed by atoms with Crippen LogP contribution in [0, 0.1) is 0 Å². The van der Waals surface area contributed by atoms with E-state index < -0.39 is 29.9 Å². The van der Waals surface area contributed by atoms with Gasteiger partial charge in [-0.3, -0.25) is 0 Å². The van der Waals surface area contributed by atoms with Crippen LogP contribution < -0.4 is 0 Å². The molecular formula is C12H16O4S. The maximum absolute atomic E-state index is 9.83. The minimum absolute atomic E-state index is 0.491. The standard InChI is InChI=1S/C12H16O4S/c1-7-9(13)10(14)11(15)12(16-7)17-8-5-3-2-4-6-8/h2-7,9-15H,1H3/t7-,9+,10+,11-,12?/m0/s1. The smallest absolute Gasteiger partial charge is 0.136 e. The lowest BCUT2D eigenvalue weighted by molar-refractivity contribution is -0.192. The molecule has 1 heterocycles. The van der Waals surface area contributed by atoms with Crippen molar-refractivity contribution in [3.63, 3.8) is 0 Å². The van der Waals surface area contributed by atoms with Crippen LogP contribution in [0.25, 0.3) is 0 Å². The quantitative estimate of drug-likeness (QED) is 0.723. The highest BCUT2D eigenvalue weighted by atomic mass is 32.2. The molecule has 4 nitrogen and oxygen atoms in total. The fraction of sp³-hybridized carbons (Fsp3) is 0.500. The molecule has 1 aliphatic heterocycles. The number of aliphatic hydroxyl groups is 3. The van der Waals surface area contributed by atoms with Gasteiger partial charge in [0.1, 0.15) is 23.7 Å². The minimum atomic E-state index is -1.17. The van der Waals surface area contributed by atoms with Crippen LogP contribution in [0.5, 0.6) is 0 Å². The highest BCUT2D eigenvalue weighted by Crippen LogP contribution is 2.32. The molecule has 0 spiro atoms. The van der Waals surface area contributed by atoms with E-state index in [0.29, 0.717) is 0 Å². The molecule has 5 atom stereocenters. The van der Waals surface area contributed by atoms with Crippen molar-refractivity contribution < 1.29 is 20.1 Å². The Kier molecular flexibility index (Phi) is 4.06. The molecule has 0 aromatic heterocycles. The number of hydrogen-bond acceptors (Lipinski definition) is 5. The molecule has 1 fully saturated rings. The number of hydrogen-bond donors (Lipinski definition) is 3. The second-order valence-electron chi connectivity index (χ2n) is 4.11. The van der Waals surface area contributed by atoms with Crippen molar-refractivity contribution in [1.82, 2.24) is 0 Å². The molecule has 0 saturated carbocycles. The Bertz CT molecular complexity index is 359. The van der Waals surface area contributed by atoms with Crippen molar-refractivity contribution in [3.05, 3.63) is 30.3 Å². The molecule has 5 heteroatoms. The fourth-order valence-electron chi connectivity index (χ4n) is 1.74. The normalized spacial score (nSPS) is 38.0. The zero-order chi connectivity index (χ0) is 12.4. The molecule has 94 valence electrons. The first kappa shape index (κ1) is 12.9. The Labute approximate surface area is 104 Å². The van der Waals surface area contributed by atoms with E-state index in [1.165, 1.54) is 11.8 Å². The highest BCUT2D eigenvalue weighted by Gasteiger charge is 2.42. The predicted octanol–water partition coefficient (Wildman–Crippen LogP) is 0.606. The third-order valence-electron chi connectivity index (χ3n) is 2.80. The summed E-state index contributed by atoms with van der Waals surface area (Å²) in [6, 6.07) is 9.51. The molecule has 3 N–H and O–H groups in total. The van der Waals surface area contributed by atoms with E-state index in [1.807, 2.05) is 30.3 Å². The Hall–Kier alpha value is -0.590. The number of aliphatic hydroxyl groups excluding tert-OH is 3. The summed E-state index contributed by atoms with van der Waals surface area (Å²) in [5.74, 6) is 0. The first-order valence-electron chi connectivity index (χ1n) is 5.51. The van der Waals surface area contributed by atoms with Crippen LogP contribution in [-0.2, 0) is 4.74 Å². The van der Waals surface area contributed by atoms with Gasteiger partial charge in [-0.15, -0.1) is 0 Å². The van der Waals surface area contributed by atoms with Crippen LogP contribution in [0.3, 0.4) is 0 Å². The van der Waals surface area contributed by atoms with Gasteiger partial charge in [-0.1, -0.05) is 30.0 Å². The van der Waals surface area contributed by atoms with E-state index in [-0.39, 0.29) is 0 Å². The van der Waals surface area contributed by atoms with Gasteiger partial charge in [-0.2, -0.15) is 0 Å². The zero-order valence-corrected chi connectivity index (χ0v) is 10.2. The SMILES string of the molecule is C[C@@H]1OC(Sc2ccccc2)[C@@H](O)[C@H](O)[C@@H]1O. The highest BCUT2D eigenvalue weighted by molar-refractivity contribution is 7.99. The summed E-state index contributed by atoms with van der Waals surface area (Å²) in [6.45, 7) is 1.68. The van der Waals surface area contributed by atoms with Crippen LogP contribution in [0.4, 0.5) is 0 Å². The number of thioether (sulfide) groups is 1. The van der Waals surface area contributed by atoms with Crippen molar-refractivity contribution in [1.29, 1.82) is 0 Å². The van der Waals surface area contributed by atoms with Gasteiger partial charge in [-0.05, 0) is 19.1 Å². The van der Waals surface area contributed by atoms with Crippen molar-refractivity contribution in [2.75, 3.05) is 0 Å². The number of benzene rings is 1. The molecule has 2 rings (SSSR count). The summed E-state index contributed by atoms with van der Waals surface area (Å²) < 4.78 is 5.49. The minimum Gasteiger partial charge on any atom is -0.388 e. The van der Waals surface area contributed by atoms with Crippen molar-refractivity contribution in [2.24, 2.45) is 0 Å². The van der Waals surface area contributed by atoms with E-state index in [1.54, 1.807) is 6.92 Å². The molecule has 1 unspecified atom stereocenters. The van der Waals surface area contributed by atoms with E-state index in [9.17, 15) is 15.3 Å². The summed E-state index contributed by atoms with van der Waals surface area (Å²) >= 11 is 1.34. The van der Waals surface area contributed by atoms with Gasteiger partial charge in [0, 0.05) is 4.90 Å². The van der Waals surface area contributed by atoms with Gasteiger partial charge in [0.05, 0.1) is 6.10 Å². The monoisotopic (exact) mass is 256 g/mol. The summed E-state index contributed by atoms with van der Waals surface area (Å²) in [7, 11) is 0. The Morgan fingerprint density at radius 3 is 2.29 bits per heavy atom. The van der Waals surface area contributed by atoms with Crippen LogP contribution in [0.1, 0.15) is 6.92 Å². The van der Waals surface area contributed by atoms with Crippen LogP contribution in [-0.4, -0.2) is 45.2 Å². The lowest BCUT2D eigenvalue weighted by Crippen LogP contribution is -2.55. The molecule has 1 aromatic carbocycles. The van der Waals surface area contributed by atoms with E-state index >= 15 is 0 Å². The first-order chi connectivity index (χ1) is 8.09. The van der Waals surface area contributed by atoms with Gasteiger partial charge in [0.25, 0.3) is 0 Å². The lowest BCUT2D eigenvalue weighted by Gasteiger charge is -2.38. The molecule has 0 bridgehead atoms. The largest absolute Gasteiger partial charge is 0.388 e. The summed E-state index contributed by atoms with van der Waals surface area (Å²) in [5, 5.41) is 29.1. The average molecular weight is 256 g/mol.